The van der Waals surface area contributed by atoms with Gasteiger partial charge in [-0.3, -0.25) is 0 Å². The van der Waals surface area contributed by atoms with Gasteiger partial charge < -0.3 is 10.1 Å². The molecule has 0 aliphatic rings. The number of rotatable bonds is 7. The predicted octanol–water partition coefficient (Wildman–Crippen LogP) is 3.31. The van der Waals surface area contributed by atoms with Crippen molar-refractivity contribution < 1.29 is 4.74 Å². The zero-order valence-electron chi connectivity index (χ0n) is 13.1. The van der Waals surface area contributed by atoms with E-state index in [1.54, 1.807) is 18.4 Å². The van der Waals surface area contributed by atoms with Crippen LogP contribution >= 0.6 is 11.3 Å². The van der Waals surface area contributed by atoms with Crippen molar-refractivity contribution in [2.45, 2.75) is 27.2 Å². The van der Waals surface area contributed by atoms with E-state index < -0.39 is 0 Å². The second-order valence-electron chi connectivity index (χ2n) is 5.53. The maximum absolute atomic E-state index is 5.36. The van der Waals surface area contributed by atoms with Crippen LogP contribution in [0.3, 0.4) is 0 Å². The van der Waals surface area contributed by atoms with E-state index in [0.717, 1.165) is 46.4 Å². The quantitative estimate of drug-likeness (QED) is 0.797. The van der Waals surface area contributed by atoms with E-state index in [2.05, 4.69) is 41.5 Å². The Morgan fingerprint density at radius 3 is 2.81 bits per heavy atom. The third-order valence-corrected chi connectivity index (χ3v) is 4.22. The molecule has 1 aromatic carbocycles. The van der Waals surface area contributed by atoms with Crippen molar-refractivity contribution in [3.63, 3.8) is 0 Å². The molecule has 0 aliphatic heterocycles. The summed E-state index contributed by atoms with van der Waals surface area (Å²) in [5.41, 5.74) is 2.19. The summed E-state index contributed by atoms with van der Waals surface area (Å²) < 4.78 is 5.36. The van der Waals surface area contributed by atoms with Crippen LogP contribution in [0.1, 0.15) is 24.4 Å². The first kappa shape index (κ1) is 15.9. The number of benzene rings is 1. The molecule has 0 radical (unpaired) electrons. The molecule has 1 N–H and O–H groups in total. The van der Waals surface area contributed by atoms with Crippen LogP contribution in [0.15, 0.2) is 18.2 Å². The highest BCUT2D eigenvalue weighted by molar-refractivity contribution is 7.14. The largest absolute Gasteiger partial charge is 0.496 e. The van der Waals surface area contributed by atoms with E-state index in [4.69, 9.17) is 4.74 Å². The number of ether oxygens (including phenoxy) is 1. The van der Waals surface area contributed by atoms with E-state index in [-0.39, 0.29) is 0 Å². The minimum absolute atomic E-state index is 0.676. The van der Waals surface area contributed by atoms with E-state index >= 15 is 0 Å². The zero-order chi connectivity index (χ0) is 15.2. The fourth-order valence-electron chi connectivity index (χ4n) is 2.01. The molecule has 0 saturated heterocycles. The first-order valence-corrected chi connectivity index (χ1v) is 8.10. The molecule has 21 heavy (non-hydrogen) atoms. The third-order valence-electron chi connectivity index (χ3n) is 3.19. The lowest BCUT2D eigenvalue weighted by Crippen LogP contribution is -2.22. The summed E-state index contributed by atoms with van der Waals surface area (Å²) in [6.07, 6.45) is 0.924. The fraction of sp³-hybridized carbons (Fsp3) is 0.500. The Bertz CT molecular complexity index is 581. The molecule has 1 aromatic heterocycles. The minimum Gasteiger partial charge on any atom is -0.496 e. The SMILES string of the molecule is COc1cc(-c2nnc(CCNCC(C)C)s2)ccc1C. The Labute approximate surface area is 130 Å². The lowest BCUT2D eigenvalue weighted by atomic mass is 10.1. The van der Waals surface area contributed by atoms with Crippen molar-refractivity contribution in [2.75, 3.05) is 20.2 Å². The summed E-state index contributed by atoms with van der Waals surface area (Å²) in [4.78, 5) is 0. The van der Waals surface area contributed by atoms with E-state index in [1.807, 2.05) is 13.0 Å². The minimum atomic E-state index is 0.676. The van der Waals surface area contributed by atoms with Gasteiger partial charge in [0.15, 0.2) is 0 Å². The fourth-order valence-corrected chi connectivity index (χ4v) is 2.85. The van der Waals surface area contributed by atoms with Crippen molar-refractivity contribution in [1.82, 2.24) is 15.5 Å². The van der Waals surface area contributed by atoms with Gasteiger partial charge in [0.1, 0.15) is 15.8 Å². The normalized spacial score (nSPS) is 11.1. The molecule has 0 fully saturated rings. The first-order chi connectivity index (χ1) is 10.1. The lowest BCUT2D eigenvalue weighted by molar-refractivity contribution is 0.412. The van der Waals surface area contributed by atoms with E-state index in [1.165, 1.54) is 0 Å². The molecule has 0 atom stereocenters. The van der Waals surface area contributed by atoms with Crippen LogP contribution in [0.2, 0.25) is 0 Å². The molecule has 0 amide bonds. The van der Waals surface area contributed by atoms with Gasteiger partial charge in [-0.15, -0.1) is 10.2 Å². The van der Waals surface area contributed by atoms with Crippen molar-refractivity contribution >= 4 is 11.3 Å². The van der Waals surface area contributed by atoms with Gasteiger partial charge in [-0.2, -0.15) is 0 Å². The maximum Gasteiger partial charge on any atom is 0.147 e. The number of nitrogens with zero attached hydrogens (tertiary/aromatic N) is 2. The Hall–Kier alpha value is -1.46. The first-order valence-electron chi connectivity index (χ1n) is 7.28. The molecular weight excluding hydrogens is 282 g/mol. The summed E-state index contributed by atoms with van der Waals surface area (Å²) in [5.74, 6) is 1.57. The van der Waals surface area contributed by atoms with Gasteiger partial charge in [-0.1, -0.05) is 37.3 Å². The molecule has 0 aliphatic carbocycles. The third kappa shape index (κ3) is 4.51. The monoisotopic (exact) mass is 305 g/mol. The second-order valence-corrected chi connectivity index (χ2v) is 6.60. The molecule has 1 heterocycles. The van der Waals surface area contributed by atoms with Gasteiger partial charge in [0.25, 0.3) is 0 Å². The number of methoxy groups -OCH3 is 1. The average molecular weight is 305 g/mol. The molecule has 0 spiro atoms. The number of aromatic nitrogens is 2. The topological polar surface area (TPSA) is 47.0 Å². The molecule has 114 valence electrons. The molecule has 2 aromatic rings. The number of aryl methyl sites for hydroxylation is 1. The van der Waals surface area contributed by atoms with Gasteiger partial charge in [-0.05, 0) is 31.0 Å². The van der Waals surface area contributed by atoms with Crippen LogP contribution in [-0.2, 0) is 6.42 Å². The molecule has 4 nitrogen and oxygen atoms in total. The molecule has 2 rings (SSSR count). The van der Waals surface area contributed by atoms with Gasteiger partial charge >= 0.3 is 0 Å². The number of nitrogens with one attached hydrogen (secondary N) is 1. The molecule has 0 unspecified atom stereocenters. The number of hydrogen-bond acceptors (Lipinski definition) is 5. The van der Waals surface area contributed by atoms with Gasteiger partial charge in [0, 0.05) is 18.5 Å². The van der Waals surface area contributed by atoms with Crippen molar-refractivity contribution in [3.05, 3.63) is 28.8 Å². The Morgan fingerprint density at radius 1 is 1.29 bits per heavy atom. The molecule has 5 heteroatoms. The van der Waals surface area contributed by atoms with Crippen LogP contribution in [-0.4, -0.2) is 30.4 Å². The van der Waals surface area contributed by atoms with Gasteiger partial charge in [-0.25, -0.2) is 0 Å². The Balaban J connectivity index is 1.99. The van der Waals surface area contributed by atoms with E-state index in [0.29, 0.717) is 5.92 Å². The van der Waals surface area contributed by atoms with Crippen molar-refractivity contribution in [1.29, 1.82) is 0 Å². The molecule has 0 bridgehead atoms. The zero-order valence-corrected chi connectivity index (χ0v) is 14.0. The van der Waals surface area contributed by atoms with Crippen LogP contribution in [0.25, 0.3) is 10.6 Å². The number of hydrogen-bond donors (Lipinski definition) is 1. The Morgan fingerprint density at radius 2 is 2.10 bits per heavy atom. The summed E-state index contributed by atoms with van der Waals surface area (Å²) in [5, 5.41) is 14.0. The lowest BCUT2D eigenvalue weighted by Gasteiger charge is -2.05. The van der Waals surface area contributed by atoms with Crippen molar-refractivity contribution in [2.24, 2.45) is 5.92 Å². The highest BCUT2D eigenvalue weighted by Crippen LogP contribution is 2.28. The molecule has 0 saturated carbocycles. The second kappa shape index (κ2) is 7.52. The summed E-state index contributed by atoms with van der Waals surface area (Å²) >= 11 is 1.65. The predicted molar refractivity (Wildman–Crippen MR) is 88.0 cm³/mol. The Kier molecular flexibility index (Phi) is 5.70. The van der Waals surface area contributed by atoms with Crippen LogP contribution < -0.4 is 10.1 Å². The van der Waals surface area contributed by atoms with Crippen LogP contribution in [0, 0.1) is 12.8 Å². The van der Waals surface area contributed by atoms with E-state index in [9.17, 15) is 0 Å². The highest BCUT2D eigenvalue weighted by Gasteiger charge is 2.09. The van der Waals surface area contributed by atoms with Gasteiger partial charge in [0.05, 0.1) is 7.11 Å². The van der Waals surface area contributed by atoms with Crippen LogP contribution in [0.5, 0.6) is 5.75 Å². The average Bonchev–Trinajstić information content (AvgIpc) is 2.93. The van der Waals surface area contributed by atoms with Crippen molar-refractivity contribution in [3.8, 4) is 16.3 Å². The summed E-state index contributed by atoms with van der Waals surface area (Å²) in [6.45, 7) is 8.45. The standard InChI is InChI=1S/C16H23N3OS/c1-11(2)10-17-8-7-15-18-19-16(21-15)13-6-5-12(3)14(9-13)20-4/h5-6,9,11,17H,7-8,10H2,1-4H3. The maximum atomic E-state index is 5.36. The summed E-state index contributed by atoms with van der Waals surface area (Å²) in [6, 6.07) is 6.15. The summed E-state index contributed by atoms with van der Waals surface area (Å²) in [7, 11) is 1.69. The highest BCUT2D eigenvalue weighted by atomic mass is 32.1. The van der Waals surface area contributed by atoms with Gasteiger partial charge in [0.2, 0.25) is 0 Å². The molecular formula is C16H23N3OS. The van der Waals surface area contributed by atoms with Crippen LogP contribution in [0.4, 0.5) is 0 Å². The smallest absolute Gasteiger partial charge is 0.147 e.